The highest BCUT2D eigenvalue weighted by molar-refractivity contribution is 5.94. The Morgan fingerprint density at radius 1 is 0.944 bits per heavy atom. The number of allylic oxidation sites excluding steroid dienone is 2. The van der Waals surface area contributed by atoms with Crippen LogP contribution >= 0.6 is 0 Å². The fourth-order valence-corrected chi connectivity index (χ4v) is 2.81. The van der Waals surface area contributed by atoms with Crippen LogP contribution in [0.25, 0.3) is 5.76 Å². The van der Waals surface area contributed by atoms with Gasteiger partial charge in [-0.3, -0.25) is 9.78 Å². The van der Waals surface area contributed by atoms with Gasteiger partial charge in [-0.05, 0) is 68.8 Å². The van der Waals surface area contributed by atoms with Crippen molar-refractivity contribution in [3.63, 3.8) is 0 Å². The van der Waals surface area contributed by atoms with E-state index in [-0.39, 0.29) is 5.78 Å². The third kappa shape index (κ3) is 10.3. The molecule has 2 aromatic carbocycles. The molecule has 0 aliphatic heterocycles. The van der Waals surface area contributed by atoms with Crippen molar-refractivity contribution in [1.82, 2.24) is 4.98 Å². The number of carbonyl (C=O) groups excluding carboxylic acids is 1. The number of nitrogens with zero attached hydrogens (tertiary/aromatic N) is 2. The van der Waals surface area contributed by atoms with E-state index in [1.165, 1.54) is 6.92 Å². The lowest BCUT2D eigenvalue weighted by molar-refractivity contribution is 0.101. The molecule has 188 valence electrons. The number of aromatic nitrogens is 1. The second-order valence-electron chi connectivity index (χ2n) is 7.34. The summed E-state index contributed by atoms with van der Waals surface area (Å²) in [5, 5.41) is 0. The van der Waals surface area contributed by atoms with Crippen molar-refractivity contribution < 1.29 is 14.3 Å². The number of hydrogen-bond acceptors (Lipinski definition) is 5. The average Bonchev–Trinajstić information content (AvgIpc) is 2.88. The van der Waals surface area contributed by atoms with Gasteiger partial charge in [-0.1, -0.05) is 57.3 Å². The maximum Gasteiger partial charge on any atom is 0.191 e. The van der Waals surface area contributed by atoms with Crippen LogP contribution in [0.5, 0.6) is 11.5 Å². The van der Waals surface area contributed by atoms with Crippen molar-refractivity contribution in [1.29, 1.82) is 0 Å². The molecule has 0 radical (unpaired) electrons. The van der Waals surface area contributed by atoms with Gasteiger partial charge >= 0.3 is 0 Å². The van der Waals surface area contributed by atoms with E-state index in [2.05, 4.69) is 23.1 Å². The Kier molecular flexibility index (Phi) is 13.6. The minimum absolute atomic E-state index is 0.0378. The minimum Gasteiger partial charge on any atom is -0.455 e. The van der Waals surface area contributed by atoms with Gasteiger partial charge in [0, 0.05) is 30.4 Å². The average molecular weight is 485 g/mol. The molecule has 0 fully saturated rings. The number of carbonyl (C=O) groups is 1. The summed E-state index contributed by atoms with van der Waals surface area (Å²) in [5.41, 5.74) is 3.70. The second kappa shape index (κ2) is 16.4. The lowest BCUT2D eigenvalue weighted by Crippen LogP contribution is -2.02. The quantitative estimate of drug-likeness (QED) is 0.112. The minimum atomic E-state index is 0.0378. The Balaban J connectivity index is 0.000000337. The van der Waals surface area contributed by atoms with Crippen LogP contribution in [-0.4, -0.2) is 16.7 Å². The SMILES string of the molecule is C=C(Oc1cccnc1C)c1ccccc1C.C=C/C=C\N=C(C)Oc1ccc(C(C)=O)cc1.CC. The second-order valence-corrected chi connectivity index (χ2v) is 7.34. The molecule has 0 bridgehead atoms. The predicted molar refractivity (Wildman–Crippen MR) is 151 cm³/mol. The number of ether oxygens (including phenoxy) is 2. The molecule has 0 amide bonds. The van der Waals surface area contributed by atoms with Gasteiger partial charge in [0.05, 0.1) is 5.69 Å². The third-order valence-electron chi connectivity index (χ3n) is 4.64. The molecule has 1 aromatic heterocycles. The first kappa shape index (κ1) is 29.8. The topological polar surface area (TPSA) is 60.8 Å². The van der Waals surface area contributed by atoms with Crippen LogP contribution in [0.2, 0.25) is 0 Å². The fourth-order valence-electron chi connectivity index (χ4n) is 2.81. The van der Waals surface area contributed by atoms with Crippen molar-refractivity contribution in [2.45, 2.75) is 41.5 Å². The van der Waals surface area contributed by atoms with Crippen molar-refractivity contribution >= 4 is 17.4 Å². The van der Waals surface area contributed by atoms with Gasteiger partial charge < -0.3 is 9.47 Å². The highest BCUT2D eigenvalue weighted by Crippen LogP contribution is 2.23. The normalized spacial score (nSPS) is 10.3. The molecule has 0 saturated carbocycles. The van der Waals surface area contributed by atoms with Crippen molar-refractivity contribution in [2.75, 3.05) is 0 Å². The van der Waals surface area contributed by atoms with E-state index < -0.39 is 0 Å². The Morgan fingerprint density at radius 3 is 2.19 bits per heavy atom. The highest BCUT2D eigenvalue weighted by Gasteiger charge is 2.06. The van der Waals surface area contributed by atoms with E-state index in [9.17, 15) is 4.79 Å². The first-order valence-corrected chi connectivity index (χ1v) is 11.8. The monoisotopic (exact) mass is 484 g/mol. The molecule has 36 heavy (non-hydrogen) atoms. The van der Waals surface area contributed by atoms with Crippen LogP contribution in [0.4, 0.5) is 0 Å². The summed E-state index contributed by atoms with van der Waals surface area (Å²) in [6.07, 6.45) is 6.70. The van der Waals surface area contributed by atoms with E-state index in [1.807, 2.05) is 64.1 Å². The van der Waals surface area contributed by atoms with E-state index in [0.717, 1.165) is 22.6 Å². The number of ketones is 1. The Morgan fingerprint density at radius 2 is 1.61 bits per heavy atom. The standard InChI is InChI=1S/C15H15NO.C14H15NO2.C2H6/c1-11-7-4-5-8-14(11)13(3)17-15-9-6-10-16-12(15)2;1-4-5-10-15-12(3)17-14-8-6-13(7-9-14)11(2)16;1-2/h4-10H,3H2,1-2H3;4-10H,1H2,2-3H3;1-2H3/b;10-5-,15-12?;. The van der Waals surface area contributed by atoms with E-state index in [4.69, 9.17) is 9.47 Å². The van der Waals surface area contributed by atoms with Crippen LogP contribution in [0.15, 0.2) is 103 Å². The molecule has 1 heterocycles. The summed E-state index contributed by atoms with van der Waals surface area (Å²) in [5.74, 6) is 2.62. The largest absolute Gasteiger partial charge is 0.455 e. The summed E-state index contributed by atoms with van der Waals surface area (Å²) >= 11 is 0. The maximum atomic E-state index is 11.1. The summed E-state index contributed by atoms with van der Waals surface area (Å²) in [6, 6.07) is 18.7. The number of benzene rings is 2. The molecule has 0 N–H and O–H groups in total. The van der Waals surface area contributed by atoms with Gasteiger partial charge in [-0.15, -0.1) is 0 Å². The van der Waals surface area contributed by atoms with Crippen LogP contribution in [0.3, 0.4) is 0 Å². The molecule has 0 spiro atoms. The number of Topliss-reactive ketones (excluding diaryl/α,β-unsaturated/α-hetero) is 1. The molecule has 0 unspecified atom stereocenters. The molecule has 5 nitrogen and oxygen atoms in total. The number of aryl methyl sites for hydroxylation is 2. The van der Waals surface area contributed by atoms with Gasteiger partial charge in [-0.2, -0.15) is 0 Å². The molecule has 0 saturated heterocycles. The molecule has 3 rings (SSSR count). The first-order valence-electron chi connectivity index (χ1n) is 11.8. The van der Waals surface area contributed by atoms with Gasteiger partial charge in [0.25, 0.3) is 0 Å². The molecule has 0 atom stereocenters. The summed E-state index contributed by atoms with van der Waals surface area (Å²) in [4.78, 5) is 19.3. The number of rotatable bonds is 7. The van der Waals surface area contributed by atoms with Crippen molar-refractivity contribution in [2.24, 2.45) is 4.99 Å². The van der Waals surface area contributed by atoms with Crippen LogP contribution in [-0.2, 0) is 0 Å². The van der Waals surface area contributed by atoms with Gasteiger partial charge in [0.2, 0.25) is 0 Å². The molecular weight excluding hydrogens is 448 g/mol. The molecule has 5 heteroatoms. The van der Waals surface area contributed by atoms with Crippen LogP contribution in [0.1, 0.15) is 54.9 Å². The zero-order chi connectivity index (χ0) is 26.9. The zero-order valence-corrected chi connectivity index (χ0v) is 22.1. The number of hydrogen-bond donors (Lipinski definition) is 0. The maximum absolute atomic E-state index is 11.1. The van der Waals surface area contributed by atoms with Gasteiger partial charge in [0.15, 0.2) is 11.7 Å². The predicted octanol–water partition coefficient (Wildman–Crippen LogP) is 8.16. The fraction of sp³-hybridized carbons (Fsp3) is 0.194. The summed E-state index contributed by atoms with van der Waals surface area (Å²) in [6.45, 7) is 18.8. The van der Waals surface area contributed by atoms with Crippen molar-refractivity contribution in [3.8, 4) is 11.5 Å². The third-order valence-corrected chi connectivity index (χ3v) is 4.64. The lowest BCUT2D eigenvalue weighted by atomic mass is 10.1. The zero-order valence-electron chi connectivity index (χ0n) is 22.1. The van der Waals surface area contributed by atoms with E-state index >= 15 is 0 Å². The number of aliphatic imine (C=N–C) groups is 1. The molecule has 3 aromatic rings. The van der Waals surface area contributed by atoms with Gasteiger partial charge in [-0.25, -0.2) is 4.99 Å². The smallest absolute Gasteiger partial charge is 0.191 e. The molecule has 0 aliphatic rings. The van der Waals surface area contributed by atoms with E-state index in [1.54, 1.807) is 55.7 Å². The Hall–Kier alpha value is -4.25. The summed E-state index contributed by atoms with van der Waals surface area (Å²) in [7, 11) is 0. The van der Waals surface area contributed by atoms with E-state index in [0.29, 0.717) is 23.0 Å². The van der Waals surface area contributed by atoms with Crippen LogP contribution < -0.4 is 9.47 Å². The van der Waals surface area contributed by atoms with Crippen molar-refractivity contribution in [3.05, 3.63) is 121 Å². The summed E-state index contributed by atoms with van der Waals surface area (Å²) < 4.78 is 11.2. The lowest BCUT2D eigenvalue weighted by Gasteiger charge is -2.12. The Bertz CT molecular complexity index is 1190. The van der Waals surface area contributed by atoms with Gasteiger partial charge in [0.1, 0.15) is 17.3 Å². The Labute approximate surface area is 215 Å². The first-order chi connectivity index (χ1) is 17.3. The highest BCUT2D eigenvalue weighted by atomic mass is 16.5. The number of pyridine rings is 1. The molecular formula is C31H36N2O3. The molecule has 0 aliphatic carbocycles. The van der Waals surface area contributed by atoms with Crippen LogP contribution in [0, 0.1) is 13.8 Å².